The highest BCUT2D eigenvalue weighted by molar-refractivity contribution is 7.86. The lowest BCUT2D eigenvalue weighted by Gasteiger charge is -2.36. The lowest BCUT2D eigenvalue weighted by Crippen LogP contribution is -2.49. The average Bonchev–Trinajstić information content (AvgIpc) is 2.55. The maximum absolute atomic E-state index is 12.7. The van der Waals surface area contributed by atoms with Gasteiger partial charge in [-0.15, -0.1) is 0 Å². The largest absolute Gasteiger partial charge is 0.481 e. The summed E-state index contributed by atoms with van der Waals surface area (Å²) in [6.45, 7) is 3.52. The molecule has 2 heterocycles. The molecule has 0 aromatic heterocycles. The van der Waals surface area contributed by atoms with Crippen LogP contribution < -0.4 is 0 Å². The maximum atomic E-state index is 12.7. The van der Waals surface area contributed by atoms with Crippen molar-refractivity contribution in [2.24, 2.45) is 11.8 Å². The molecule has 2 N–H and O–H groups in total. The lowest BCUT2D eigenvalue weighted by molar-refractivity contribution is -0.142. The van der Waals surface area contributed by atoms with Gasteiger partial charge in [-0.2, -0.15) is 17.0 Å². The molecule has 1 atom stereocenters. The van der Waals surface area contributed by atoms with Gasteiger partial charge < -0.3 is 15.1 Å². The fourth-order valence-corrected chi connectivity index (χ4v) is 5.10. The Kier molecular flexibility index (Phi) is 6.99. The Morgan fingerprint density at radius 3 is 2.46 bits per heavy atom. The highest BCUT2D eigenvalue weighted by Crippen LogP contribution is 2.23. The Morgan fingerprint density at radius 1 is 1.21 bits per heavy atom. The molecule has 0 aromatic rings. The van der Waals surface area contributed by atoms with E-state index in [2.05, 4.69) is 4.90 Å². The molecule has 0 saturated carbocycles. The summed E-state index contributed by atoms with van der Waals surface area (Å²) < 4.78 is 28.2. The van der Waals surface area contributed by atoms with Gasteiger partial charge in [0.1, 0.15) is 0 Å². The van der Waals surface area contributed by atoms with Crippen molar-refractivity contribution < 1.29 is 23.4 Å². The second kappa shape index (κ2) is 8.57. The number of carboxylic acids is 1. The average molecular weight is 363 g/mol. The van der Waals surface area contributed by atoms with Gasteiger partial charge in [-0.3, -0.25) is 4.79 Å². The summed E-state index contributed by atoms with van der Waals surface area (Å²) in [5, 5.41) is 18.1. The van der Waals surface area contributed by atoms with Gasteiger partial charge in [0.05, 0.1) is 12.5 Å². The van der Waals surface area contributed by atoms with Crippen molar-refractivity contribution in [3.63, 3.8) is 0 Å². The topological polar surface area (TPSA) is 101 Å². The number of rotatable bonds is 7. The molecule has 140 valence electrons. The molecule has 0 spiro atoms. The number of aliphatic hydroxyl groups is 1. The van der Waals surface area contributed by atoms with Gasteiger partial charge >= 0.3 is 5.97 Å². The standard InChI is InChI=1S/C15H29N3O5S/c1-16(11-13-3-2-6-17(12-13)9-10-19)24(22,23)18-7-4-14(5-8-18)15(20)21/h13-14,19H,2-12H2,1H3,(H,20,21). The van der Waals surface area contributed by atoms with E-state index in [0.29, 0.717) is 25.9 Å². The summed E-state index contributed by atoms with van der Waals surface area (Å²) in [7, 11) is -1.93. The van der Waals surface area contributed by atoms with Crippen molar-refractivity contribution in [1.29, 1.82) is 0 Å². The van der Waals surface area contributed by atoms with Crippen LogP contribution in [0.5, 0.6) is 0 Å². The summed E-state index contributed by atoms with van der Waals surface area (Å²) in [6, 6.07) is 0. The van der Waals surface area contributed by atoms with Crippen molar-refractivity contribution in [3.05, 3.63) is 0 Å². The minimum Gasteiger partial charge on any atom is -0.481 e. The van der Waals surface area contributed by atoms with E-state index < -0.39 is 22.1 Å². The molecule has 0 bridgehead atoms. The number of carboxylic acid groups (broad SMARTS) is 1. The Labute approximate surface area is 144 Å². The first-order chi connectivity index (χ1) is 11.3. The molecule has 2 aliphatic rings. The van der Waals surface area contributed by atoms with Crippen LogP contribution in [0.2, 0.25) is 0 Å². The monoisotopic (exact) mass is 363 g/mol. The lowest BCUT2D eigenvalue weighted by atomic mass is 9.98. The van der Waals surface area contributed by atoms with Gasteiger partial charge in [0.15, 0.2) is 0 Å². The van der Waals surface area contributed by atoms with Crippen LogP contribution >= 0.6 is 0 Å². The highest BCUT2D eigenvalue weighted by atomic mass is 32.2. The summed E-state index contributed by atoms with van der Waals surface area (Å²) >= 11 is 0. The number of likely N-dealkylation sites (tertiary alicyclic amines) is 1. The zero-order valence-electron chi connectivity index (χ0n) is 14.3. The summed E-state index contributed by atoms with van der Waals surface area (Å²) in [5.41, 5.74) is 0. The van der Waals surface area contributed by atoms with Crippen molar-refractivity contribution in [2.75, 3.05) is 52.9 Å². The first-order valence-corrected chi connectivity index (χ1v) is 10.0. The zero-order chi connectivity index (χ0) is 17.7. The maximum Gasteiger partial charge on any atom is 0.306 e. The first kappa shape index (κ1) is 19.6. The SMILES string of the molecule is CN(CC1CCCN(CCO)C1)S(=O)(=O)N1CCC(C(=O)O)CC1. The summed E-state index contributed by atoms with van der Waals surface area (Å²) in [6.07, 6.45) is 2.75. The summed E-state index contributed by atoms with van der Waals surface area (Å²) in [5.74, 6) is -1.01. The first-order valence-electron chi connectivity index (χ1n) is 8.62. The minimum atomic E-state index is -3.53. The van der Waals surface area contributed by atoms with Crippen molar-refractivity contribution in [1.82, 2.24) is 13.5 Å². The van der Waals surface area contributed by atoms with Crippen molar-refractivity contribution >= 4 is 16.2 Å². The van der Waals surface area contributed by atoms with Crippen LogP contribution in [0.3, 0.4) is 0 Å². The minimum absolute atomic E-state index is 0.124. The Bertz CT molecular complexity index is 517. The Balaban J connectivity index is 1.88. The van der Waals surface area contributed by atoms with E-state index in [0.717, 1.165) is 25.9 Å². The fourth-order valence-electron chi connectivity index (χ4n) is 3.63. The molecule has 9 heteroatoms. The number of hydrogen-bond donors (Lipinski definition) is 2. The number of piperidine rings is 2. The molecule has 0 amide bonds. The van der Waals surface area contributed by atoms with Crippen LogP contribution in [0.1, 0.15) is 25.7 Å². The third-order valence-electron chi connectivity index (χ3n) is 5.06. The van der Waals surface area contributed by atoms with Crippen LogP contribution in [0.4, 0.5) is 0 Å². The smallest absolute Gasteiger partial charge is 0.306 e. The molecule has 0 radical (unpaired) electrons. The van der Waals surface area contributed by atoms with Gasteiger partial charge in [0.2, 0.25) is 0 Å². The van der Waals surface area contributed by atoms with E-state index in [-0.39, 0.29) is 25.6 Å². The van der Waals surface area contributed by atoms with Gasteiger partial charge in [-0.05, 0) is 38.1 Å². The number of β-amino-alcohol motifs (C(OH)–C–C–N with tert-alkyl or cyclic N) is 1. The van der Waals surface area contributed by atoms with E-state index >= 15 is 0 Å². The summed E-state index contributed by atoms with van der Waals surface area (Å²) in [4.78, 5) is 13.2. The third kappa shape index (κ3) is 4.89. The third-order valence-corrected chi connectivity index (χ3v) is 7.01. The predicted octanol–water partition coefficient (Wildman–Crippen LogP) is -0.336. The normalized spacial score (nSPS) is 25.2. The molecule has 2 fully saturated rings. The van der Waals surface area contributed by atoms with Crippen LogP contribution in [0.15, 0.2) is 0 Å². The van der Waals surface area contributed by atoms with E-state index in [1.54, 1.807) is 7.05 Å². The molecular formula is C15H29N3O5S. The molecule has 2 saturated heterocycles. The van der Waals surface area contributed by atoms with E-state index in [9.17, 15) is 13.2 Å². The Hall–Kier alpha value is -0.740. The van der Waals surface area contributed by atoms with Gasteiger partial charge in [-0.1, -0.05) is 0 Å². The quantitative estimate of drug-likeness (QED) is 0.642. The van der Waals surface area contributed by atoms with Gasteiger partial charge in [0, 0.05) is 39.8 Å². The Morgan fingerprint density at radius 2 is 1.88 bits per heavy atom. The predicted molar refractivity (Wildman–Crippen MR) is 89.7 cm³/mol. The number of aliphatic carboxylic acids is 1. The number of nitrogens with zero attached hydrogens (tertiary/aromatic N) is 3. The number of aliphatic hydroxyl groups excluding tert-OH is 1. The van der Waals surface area contributed by atoms with Crippen molar-refractivity contribution in [3.8, 4) is 0 Å². The molecule has 8 nitrogen and oxygen atoms in total. The van der Waals surface area contributed by atoms with Gasteiger partial charge in [-0.25, -0.2) is 0 Å². The number of hydrogen-bond acceptors (Lipinski definition) is 5. The zero-order valence-corrected chi connectivity index (χ0v) is 15.1. The van der Waals surface area contributed by atoms with Crippen LogP contribution in [0, 0.1) is 11.8 Å². The van der Waals surface area contributed by atoms with Crippen molar-refractivity contribution in [2.45, 2.75) is 25.7 Å². The van der Waals surface area contributed by atoms with E-state index in [1.165, 1.54) is 8.61 Å². The molecular weight excluding hydrogens is 334 g/mol. The fraction of sp³-hybridized carbons (Fsp3) is 0.933. The molecule has 2 aliphatic heterocycles. The second-order valence-electron chi connectivity index (χ2n) is 6.83. The van der Waals surface area contributed by atoms with Crippen LogP contribution in [-0.4, -0.2) is 91.0 Å². The molecule has 24 heavy (non-hydrogen) atoms. The highest BCUT2D eigenvalue weighted by Gasteiger charge is 2.34. The molecule has 0 aromatic carbocycles. The van der Waals surface area contributed by atoms with Gasteiger partial charge in [0.25, 0.3) is 10.2 Å². The molecule has 0 aliphatic carbocycles. The second-order valence-corrected chi connectivity index (χ2v) is 8.87. The number of carbonyl (C=O) groups is 1. The van der Waals surface area contributed by atoms with Crippen LogP contribution in [-0.2, 0) is 15.0 Å². The molecule has 1 unspecified atom stereocenters. The molecule has 2 rings (SSSR count). The van der Waals surface area contributed by atoms with E-state index in [1.807, 2.05) is 0 Å². The van der Waals surface area contributed by atoms with E-state index in [4.69, 9.17) is 10.2 Å². The van der Waals surface area contributed by atoms with Crippen LogP contribution in [0.25, 0.3) is 0 Å².